The van der Waals surface area contributed by atoms with E-state index >= 15 is 0 Å². The lowest BCUT2D eigenvalue weighted by Crippen LogP contribution is -2.47. The second-order valence-electron chi connectivity index (χ2n) is 4.08. The molecule has 6 nitrogen and oxygen atoms in total. The van der Waals surface area contributed by atoms with Crippen LogP contribution >= 0.6 is 0 Å². The van der Waals surface area contributed by atoms with E-state index < -0.39 is 23.5 Å². The molecule has 0 aromatic rings. The molecule has 0 aliphatic rings. The van der Waals surface area contributed by atoms with Crippen molar-refractivity contribution in [3.8, 4) is 0 Å². The predicted octanol–water partition coefficient (Wildman–Crippen LogP) is -0.670. The Hall–Kier alpha value is -1.14. The van der Waals surface area contributed by atoms with Crippen LogP contribution in [0.15, 0.2) is 0 Å². The summed E-state index contributed by atoms with van der Waals surface area (Å²) in [6, 6.07) is -1.02. The molecule has 0 aromatic carbocycles. The molecule has 0 aliphatic carbocycles. The van der Waals surface area contributed by atoms with Crippen molar-refractivity contribution < 1.29 is 19.4 Å². The number of carboxylic acids is 1. The number of ether oxygens (including phenoxy) is 1. The molecule has 1 atom stereocenters. The van der Waals surface area contributed by atoms with Crippen LogP contribution in [-0.2, 0) is 14.3 Å². The highest BCUT2D eigenvalue weighted by atomic mass is 16.5. The van der Waals surface area contributed by atoms with Crippen LogP contribution < -0.4 is 11.1 Å². The van der Waals surface area contributed by atoms with Gasteiger partial charge in [0, 0.05) is 19.1 Å². The van der Waals surface area contributed by atoms with E-state index in [4.69, 9.17) is 10.8 Å². The molecule has 0 radical (unpaired) electrons. The minimum Gasteiger partial charge on any atom is -0.480 e. The Morgan fingerprint density at radius 1 is 1.53 bits per heavy atom. The summed E-state index contributed by atoms with van der Waals surface area (Å²) in [6.07, 6.45) is 0.0699. The average Bonchev–Trinajstić information content (AvgIpc) is 1.99. The van der Waals surface area contributed by atoms with Gasteiger partial charge in [0.05, 0.1) is 6.61 Å². The zero-order valence-electron chi connectivity index (χ0n) is 9.24. The fraction of sp³-hybridized carbons (Fsp3) is 0.778. The van der Waals surface area contributed by atoms with E-state index in [1.165, 1.54) is 7.11 Å². The van der Waals surface area contributed by atoms with Crippen LogP contribution in [0.3, 0.4) is 0 Å². The zero-order chi connectivity index (χ0) is 12.1. The van der Waals surface area contributed by atoms with Crippen molar-refractivity contribution in [2.45, 2.75) is 31.8 Å². The summed E-state index contributed by atoms with van der Waals surface area (Å²) in [4.78, 5) is 22.0. The first-order valence-electron chi connectivity index (χ1n) is 4.56. The fourth-order valence-electron chi connectivity index (χ4n) is 1.00. The molecular weight excluding hydrogens is 200 g/mol. The molecule has 0 aromatic heterocycles. The van der Waals surface area contributed by atoms with Crippen LogP contribution in [0.25, 0.3) is 0 Å². The van der Waals surface area contributed by atoms with Crippen molar-refractivity contribution in [3.63, 3.8) is 0 Å². The lowest BCUT2D eigenvalue weighted by atomic mass is 10.0. The normalized spacial score (nSPS) is 13.3. The van der Waals surface area contributed by atoms with Gasteiger partial charge in [0.25, 0.3) is 0 Å². The number of aliphatic carboxylic acids is 1. The highest BCUT2D eigenvalue weighted by molar-refractivity contribution is 5.84. The Labute approximate surface area is 88.8 Å². The molecular formula is C9H18N2O4. The van der Waals surface area contributed by atoms with Crippen molar-refractivity contribution in [1.82, 2.24) is 5.32 Å². The maximum absolute atomic E-state index is 11.3. The van der Waals surface area contributed by atoms with E-state index in [1.54, 1.807) is 13.8 Å². The van der Waals surface area contributed by atoms with Gasteiger partial charge >= 0.3 is 5.97 Å². The van der Waals surface area contributed by atoms with Crippen molar-refractivity contribution in [3.05, 3.63) is 0 Å². The molecule has 0 rings (SSSR count). The van der Waals surface area contributed by atoms with Gasteiger partial charge in [0.2, 0.25) is 5.91 Å². The molecule has 15 heavy (non-hydrogen) atoms. The Morgan fingerprint density at radius 2 is 2.07 bits per heavy atom. The molecule has 88 valence electrons. The van der Waals surface area contributed by atoms with Gasteiger partial charge in [0.1, 0.15) is 0 Å². The summed E-state index contributed by atoms with van der Waals surface area (Å²) in [5, 5.41) is 11.1. The number of carboxylic acid groups (broad SMARTS) is 1. The summed E-state index contributed by atoms with van der Waals surface area (Å²) >= 11 is 0. The van der Waals surface area contributed by atoms with E-state index in [0.29, 0.717) is 0 Å². The third-order valence-corrected chi connectivity index (χ3v) is 1.58. The third kappa shape index (κ3) is 6.87. The SMILES string of the molecule is COCC(NC(=O)CC(C)(C)N)C(=O)O. The Kier molecular flexibility index (Phi) is 5.24. The highest BCUT2D eigenvalue weighted by Gasteiger charge is 2.23. The standard InChI is InChI=1S/C9H18N2O4/c1-9(2,10)4-7(12)11-6(5-15-3)8(13)14/h6H,4-5,10H2,1-3H3,(H,11,12)(H,13,14). The summed E-state index contributed by atoms with van der Waals surface area (Å²) in [7, 11) is 1.37. The number of carbonyl (C=O) groups is 2. The van der Waals surface area contributed by atoms with Gasteiger partial charge in [0.15, 0.2) is 6.04 Å². The third-order valence-electron chi connectivity index (χ3n) is 1.58. The van der Waals surface area contributed by atoms with Crippen LogP contribution in [0.5, 0.6) is 0 Å². The van der Waals surface area contributed by atoms with Gasteiger partial charge in [-0.05, 0) is 13.8 Å². The molecule has 1 unspecified atom stereocenters. The average molecular weight is 218 g/mol. The van der Waals surface area contributed by atoms with Crippen LogP contribution in [0, 0.1) is 0 Å². The van der Waals surface area contributed by atoms with Gasteiger partial charge in [-0.25, -0.2) is 4.79 Å². The summed E-state index contributed by atoms with van der Waals surface area (Å²) in [5.74, 6) is -1.52. The van der Waals surface area contributed by atoms with Crippen LogP contribution in [0.2, 0.25) is 0 Å². The monoisotopic (exact) mass is 218 g/mol. The number of hydrogen-bond acceptors (Lipinski definition) is 4. The second-order valence-corrected chi connectivity index (χ2v) is 4.08. The van der Waals surface area contributed by atoms with E-state index in [2.05, 4.69) is 10.1 Å². The van der Waals surface area contributed by atoms with Crippen molar-refractivity contribution in [2.75, 3.05) is 13.7 Å². The number of nitrogens with one attached hydrogen (secondary N) is 1. The first-order chi connectivity index (χ1) is 6.76. The quantitative estimate of drug-likeness (QED) is 0.548. The number of rotatable bonds is 6. The number of methoxy groups -OCH3 is 1. The minimum absolute atomic E-state index is 0.0634. The first-order valence-corrected chi connectivity index (χ1v) is 4.56. The second kappa shape index (κ2) is 5.67. The van der Waals surface area contributed by atoms with E-state index in [1.807, 2.05) is 0 Å². The molecule has 0 aliphatic heterocycles. The summed E-state index contributed by atoms with van der Waals surface area (Å²) in [6.45, 7) is 3.32. The lowest BCUT2D eigenvalue weighted by molar-refractivity contribution is -0.143. The molecule has 6 heteroatoms. The van der Waals surface area contributed by atoms with Gasteiger partial charge < -0.3 is 20.9 Å². The van der Waals surface area contributed by atoms with Gasteiger partial charge in [-0.3, -0.25) is 4.79 Å². The highest BCUT2D eigenvalue weighted by Crippen LogP contribution is 2.03. The van der Waals surface area contributed by atoms with Crippen molar-refractivity contribution in [1.29, 1.82) is 0 Å². The molecule has 0 heterocycles. The Morgan fingerprint density at radius 3 is 2.40 bits per heavy atom. The van der Waals surface area contributed by atoms with E-state index in [-0.39, 0.29) is 13.0 Å². The van der Waals surface area contributed by atoms with Crippen LogP contribution in [-0.4, -0.2) is 42.3 Å². The molecule has 0 saturated carbocycles. The topological polar surface area (TPSA) is 102 Å². The van der Waals surface area contributed by atoms with Gasteiger partial charge in [-0.1, -0.05) is 0 Å². The smallest absolute Gasteiger partial charge is 0.328 e. The van der Waals surface area contributed by atoms with E-state index in [0.717, 1.165) is 0 Å². The Bertz CT molecular complexity index is 235. The number of carbonyl (C=O) groups excluding carboxylic acids is 1. The zero-order valence-corrected chi connectivity index (χ0v) is 9.24. The summed E-state index contributed by atoms with van der Waals surface area (Å²) in [5.41, 5.74) is 4.97. The number of amides is 1. The van der Waals surface area contributed by atoms with E-state index in [9.17, 15) is 9.59 Å². The minimum atomic E-state index is -1.12. The maximum atomic E-state index is 11.3. The molecule has 1 amide bonds. The molecule has 0 fully saturated rings. The number of nitrogens with two attached hydrogens (primary N) is 1. The van der Waals surface area contributed by atoms with Crippen molar-refractivity contribution in [2.24, 2.45) is 5.73 Å². The van der Waals surface area contributed by atoms with Crippen LogP contribution in [0.4, 0.5) is 0 Å². The van der Waals surface area contributed by atoms with Gasteiger partial charge in [-0.15, -0.1) is 0 Å². The molecule has 0 spiro atoms. The van der Waals surface area contributed by atoms with Crippen LogP contribution in [0.1, 0.15) is 20.3 Å². The lowest BCUT2D eigenvalue weighted by Gasteiger charge is -2.19. The fourth-order valence-corrected chi connectivity index (χ4v) is 1.00. The largest absolute Gasteiger partial charge is 0.480 e. The Balaban J connectivity index is 4.18. The number of hydrogen-bond donors (Lipinski definition) is 3. The summed E-state index contributed by atoms with van der Waals surface area (Å²) < 4.78 is 4.67. The maximum Gasteiger partial charge on any atom is 0.328 e. The molecule has 0 saturated heterocycles. The molecule has 4 N–H and O–H groups in total. The molecule has 0 bridgehead atoms. The first kappa shape index (κ1) is 13.9. The van der Waals surface area contributed by atoms with Crippen molar-refractivity contribution >= 4 is 11.9 Å². The van der Waals surface area contributed by atoms with Gasteiger partial charge in [-0.2, -0.15) is 0 Å². The predicted molar refractivity (Wildman–Crippen MR) is 54.3 cm³/mol.